The fraction of sp³-hybridized carbons (Fsp3) is 0.150. The Labute approximate surface area is 165 Å². The number of amides is 1. The molecule has 0 saturated heterocycles. The van der Waals surface area contributed by atoms with Crippen LogP contribution in [-0.4, -0.2) is 29.2 Å². The number of hydrogen-bond donors (Lipinski definition) is 1. The van der Waals surface area contributed by atoms with Crippen molar-refractivity contribution in [2.75, 3.05) is 17.7 Å². The summed E-state index contributed by atoms with van der Waals surface area (Å²) in [6.07, 6.45) is 0. The molecular weight excluding hydrogens is 380 g/mol. The minimum Gasteiger partial charge on any atom is -0.462 e. The first kappa shape index (κ1) is 19.1. The molecule has 0 bridgehead atoms. The molecular formula is C20H18N2O3S2. The molecule has 0 saturated carbocycles. The lowest BCUT2D eigenvalue weighted by Gasteiger charge is -2.02. The number of thioether (sulfide) groups is 1. The van der Waals surface area contributed by atoms with E-state index < -0.39 is 5.97 Å². The Morgan fingerprint density at radius 3 is 2.41 bits per heavy atom. The van der Waals surface area contributed by atoms with E-state index in [1.165, 1.54) is 11.8 Å². The van der Waals surface area contributed by atoms with Crippen LogP contribution < -0.4 is 5.32 Å². The lowest BCUT2D eigenvalue weighted by Crippen LogP contribution is -2.13. The molecule has 1 N–H and O–H groups in total. The minimum atomic E-state index is -0.437. The lowest BCUT2D eigenvalue weighted by atomic mass is 10.1. The third-order valence-electron chi connectivity index (χ3n) is 3.49. The first-order chi connectivity index (χ1) is 13.2. The van der Waals surface area contributed by atoms with Crippen LogP contribution >= 0.6 is 23.1 Å². The third-order valence-corrected chi connectivity index (χ3v) is 5.46. The van der Waals surface area contributed by atoms with Crippen molar-refractivity contribution in [2.45, 2.75) is 11.8 Å². The standard InChI is InChI=1S/C20H18N2O3S2/c1-2-25-19(24)18-17(14-9-5-3-6-10-14)22-20(27-18)21-16(23)13-26-15-11-7-4-8-12-15/h3-12H,2,13H2,1H3,(H,21,22,23). The summed E-state index contributed by atoms with van der Waals surface area (Å²) in [4.78, 5) is 30.4. The Kier molecular flexibility index (Phi) is 6.62. The fourth-order valence-corrected chi connectivity index (χ4v) is 3.94. The molecule has 0 aliphatic heterocycles. The molecule has 7 heteroatoms. The van der Waals surface area contributed by atoms with E-state index in [1.54, 1.807) is 6.92 Å². The molecule has 3 aromatic rings. The van der Waals surface area contributed by atoms with Crippen LogP contribution in [0.5, 0.6) is 0 Å². The maximum Gasteiger partial charge on any atom is 0.350 e. The molecule has 27 heavy (non-hydrogen) atoms. The van der Waals surface area contributed by atoms with E-state index in [1.807, 2.05) is 60.7 Å². The molecule has 0 unspecified atom stereocenters. The van der Waals surface area contributed by atoms with Gasteiger partial charge in [-0.3, -0.25) is 4.79 Å². The summed E-state index contributed by atoms with van der Waals surface area (Å²) in [6.45, 7) is 2.03. The van der Waals surface area contributed by atoms with Gasteiger partial charge in [0.05, 0.1) is 18.1 Å². The van der Waals surface area contributed by atoms with Crippen LogP contribution in [0.4, 0.5) is 5.13 Å². The van der Waals surface area contributed by atoms with Gasteiger partial charge in [0.2, 0.25) is 5.91 Å². The van der Waals surface area contributed by atoms with E-state index in [4.69, 9.17) is 4.74 Å². The summed E-state index contributed by atoms with van der Waals surface area (Å²) in [5.41, 5.74) is 1.32. The van der Waals surface area contributed by atoms with Crippen molar-refractivity contribution < 1.29 is 14.3 Å². The maximum absolute atomic E-state index is 12.3. The molecule has 0 radical (unpaired) electrons. The van der Waals surface area contributed by atoms with Gasteiger partial charge in [0.25, 0.3) is 0 Å². The monoisotopic (exact) mass is 398 g/mol. The third kappa shape index (κ3) is 5.18. The number of hydrogen-bond acceptors (Lipinski definition) is 6. The Balaban J connectivity index is 1.75. The van der Waals surface area contributed by atoms with Gasteiger partial charge in [-0.05, 0) is 19.1 Å². The highest BCUT2D eigenvalue weighted by Gasteiger charge is 2.21. The Morgan fingerprint density at radius 1 is 1.07 bits per heavy atom. The van der Waals surface area contributed by atoms with Gasteiger partial charge < -0.3 is 10.1 Å². The van der Waals surface area contributed by atoms with Gasteiger partial charge >= 0.3 is 5.97 Å². The summed E-state index contributed by atoms with van der Waals surface area (Å²) in [5, 5.41) is 3.16. The predicted molar refractivity (Wildman–Crippen MR) is 109 cm³/mol. The van der Waals surface area contributed by atoms with Crippen LogP contribution in [0, 0.1) is 0 Å². The van der Waals surface area contributed by atoms with E-state index in [0.29, 0.717) is 15.7 Å². The van der Waals surface area contributed by atoms with Gasteiger partial charge in [-0.2, -0.15) is 0 Å². The highest BCUT2D eigenvalue weighted by Crippen LogP contribution is 2.32. The molecule has 1 heterocycles. The SMILES string of the molecule is CCOC(=O)c1sc(NC(=O)CSc2ccccc2)nc1-c1ccccc1. The van der Waals surface area contributed by atoms with Crippen LogP contribution in [0.25, 0.3) is 11.3 Å². The molecule has 0 fully saturated rings. The lowest BCUT2D eigenvalue weighted by molar-refractivity contribution is -0.113. The number of anilines is 1. The number of thiazole rings is 1. The Bertz CT molecular complexity index is 911. The van der Waals surface area contributed by atoms with Crippen molar-refractivity contribution >= 4 is 40.1 Å². The fourth-order valence-electron chi connectivity index (χ4n) is 2.32. The smallest absolute Gasteiger partial charge is 0.350 e. The number of esters is 1. The van der Waals surface area contributed by atoms with Crippen LogP contribution in [0.1, 0.15) is 16.6 Å². The van der Waals surface area contributed by atoms with E-state index in [-0.39, 0.29) is 18.3 Å². The number of aromatic nitrogens is 1. The van der Waals surface area contributed by atoms with Gasteiger partial charge in [0.15, 0.2) is 5.13 Å². The van der Waals surface area contributed by atoms with E-state index in [9.17, 15) is 9.59 Å². The summed E-state index contributed by atoms with van der Waals surface area (Å²) in [5.74, 6) is -0.348. The van der Waals surface area contributed by atoms with Gasteiger partial charge in [-0.1, -0.05) is 59.9 Å². The average molecular weight is 399 g/mol. The van der Waals surface area contributed by atoms with Crippen LogP contribution in [-0.2, 0) is 9.53 Å². The molecule has 0 atom stereocenters. The van der Waals surface area contributed by atoms with Crippen molar-refractivity contribution in [3.8, 4) is 11.3 Å². The second-order valence-electron chi connectivity index (χ2n) is 5.43. The number of nitrogens with one attached hydrogen (secondary N) is 1. The van der Waals surface area contributed by atoms with Crippen molar-refractivity contribution in [2.24, 2.45) is 0 Å². The molecule has 138 valence electrons. The van der Waals surface area contributed by atoms with Crippen LogP contribution in [0.2, 0.25) is 0 Å². The molecule has 5 nitrogen and oxygen atoms in total. The molecule has 3 rings (SSSR count). The normalized spacial score (nSPS) is 10.4. The quantitative estimate of drug-likeness (QED) is 0.461. The number of nitrogens with zero attached hydrogens (tertiary/aromatic N) is 1. The highest BCUT2D eigenvalue weighted by molar-refractivity contribution is 8.00. The number of rotatable bonds is 7. The maximum atomic E-state index is 12.3. The number of carbonyl (C=O) groups excluding carboxylic acids is 2. The van der Waals surface area contributed by atoms with Crippen molar-refractivity contribution in [1.29, 1.82) is 0 Å². The molecule has 0 aliphatic carbocycles. The van der Waals surface area contributed by atoms with Crippen molar-refractivity contribution in [3.63, 3.8) is 0 Å². The number of carbonyl (C=O) groups is 2. The van der Waals surface area contributed by atoms with Gasteiger partial charge in [0.1, 0.15) is 4.88 Å². The van der Waals surface area contributed by atoms with Crippen molar-refractivity contribution in [3.05, 3.63) is 65.5 Å². The zero-order valence-corrected chi connectivity index (χ0v) is 16.3. The largest absolute Gasteiger partial charge is 0.462 e. The van der Waals surface area contributed by atoms with Gasteiger partial charge in [-0.25, -0.2) is 9.78 Å². The average Bonchev–Trinajstić information content (AvgIpc) is 3.12. The summed E-state index contributed by atoms with van der Waals surface area (Å²) < 4.78 is 5.13. The topological polar surface area (TPSA) is 68.3 Å². The highest BCUT2D eigenvalue weighted by atomic mass is 32.2. The molecule has 1 amide bonds. The first-order valence-electron chi connectivity index (χ1n) is 8.38. The summed E-state index contributed by atoms with van der Waals surface area (Å²) in [7, 11) is 0. The summed E-state index contributed by atoms with van der Waals surface area (Å²) in [6, 6.07) is 19.1. The zero-order valence-electron chi connectivity index (χ0n) is 14.7. The Hall–Kier alpha value is -2.64. The second kappa shape index (κ2) is 9.34. The zero-order chi connectivity index (χ0) is 19.1. The first-order valence-corrected chi connectivity index (χ1v) is 10.2. The second-order valence-corrected chi connectivity index (χ2v) is 7.48. The van der Waals surface area contributed by atoms with Crippen LogP contribution in [0.15, 0.2) is 65.6 Å². The van der Waals surface area contributed by atoms with Gasteiger partial charge in [-0.15, -0.1) is 11.8 Å². The Morgan fingerprint density at radius 2 is 1.74 bits per heavy atom. The van der Waals surface area contributed by atoms with Gasteiger partial charge in [0, 0.05) is 10.5 Å². The van der Waals surface area contributed by atoms with Crippen LogP contribution in [0.3, 0.4) is 0 Å². The molecule has 0 spiro atoms. The molecule has 0 aliphatic rings. The number of benzene rings is 2. The predicted octanol–water partition coefficient (Wildman–Crippen LogP) is 4.72. The van der Waals surface area contributed by atoms with Crippen molar-refractivity contribution in [1.82, 2.24) is 4.98 Å². The van der Waals surface area contributed by atoms with E-state index in [0.717, 1.165) is 21.8 Å². The minimum absolute atomic E-state index is 0.173. The van der Waals surface area contributed by atoms with E-state index >= 15 is 0 Å². The molecule has 1 aromatic heterocycles. The number of ether oxygens (including phenoxy) is 1. The van der Waals surface area contributed by atoms with E-state index in [2.05, 4.69) is 10.3 Å². The summed E-state index contributed by atoms with van der Waals surface area (Å²) >= 11 is 2.57. The molecule has 2 aromatic carbocycles.